The molecule has 0 spiro atoms. The zero-order chi connectivity index (χ0) is 22.9. The van der Waals surface area contributed by atoms with Gasteiger partial charge in [0.1, 0.15) is 12.6 Å². The smallest absolute Gasteiger partial charge is 0.407 e. The fraction of sp³-hybridized carbons (Fsp3) is 0.400. The first-order chi connectivity index (χ1) is 15.3. The first-order valence-electron chi connectivity index (χ1n) is 10.9. The van der Waals surface area contributed by atoms with Crippen molar-refractivity contribution in [2.24, 2.45) is 11.3 Å². The second kappa shape index (κ2) is 8.65. The second-order valence-electron chi connectivity index (χ2n) is 8.99. The average molecular weight is 437 g/mol. The number of alkyl carbamates (subject to hydrolysis) is 1. The highest BCUT2D eigenvalue weighted by Crippen LogP contribution is 2.46. The Morgan fingerprint density at radius 2 is 1.59 bits per heavy atom. The summed E-state index contributed by atoms with van der Waals surface area (Å²) < 4.78 is 5.52. The van der Waals surface area contributed by atoms with Crippen LogP contribution >= 0.6 is 0 Å². The molecular formula is C25H28N2O5. The number of ether oxygens (including phenoxy) is 1. The molecule has 0 bridgehead atoms. The molecule has 2 aromatic rings. The number of carbonyl (C=O) groups excluding carboxylic acids is 2. The zero-order valence-electron chi connectivity index (χ0n) is 18.3. The molecule has 0 unspecified atom stereocenters. The van der Waals surface area contributed by atoms with Crippen LogP contribution < -0.4 is 10.6 Å². The maximum absolute atomic E-state index is 12.6. The van der Waals surface area contributed by atoms with Gasteiger partial charge in [-0.1, -0.05) is 62.4 Å². The Hall–Kier alpha value is -3.35. The van der Waals surface area contributed by atoms with Gasteiger partial charge in [-0.2, -0.15) is 0 Å². The topological polar surface area (TPSA) is 105 Å². The monoisotopic (exact) mass is 436 g/mol. The van der Waals surface area contributed by atoms with Crippen LogP contribution in [0, 0.1) is 11.3 Å². The molecule has 0 aromatic heterocycles. The summed E-state index contributed by atoms with van der Waals surface area (Å²) in [6, 6.07) is 15.3. The van der Waals surface area contributed by atoms with Gasteiger partial charge in [0, 0.05) is 12.5 Å². The van der Waals surface area contributed by atoms with Gasteiger partial charge in [0.15, 0.2) is 0 Å². The summed E-state index contributed by atoms with van der Waals surface area (Å²) in [4.78, 5) is 36.4. The van der Waals surface area contributed by atoms with E-state index in [-0.39, 0.29) is 30.9 Å². The molecule has 7 nitrogen and oxygen atoms in total. The average Bonchev–Trinajstić information content (AvgIpc) is 3.51. The third kappa shape index (κ3) is 4.20. The van der Waals surface area contributed by atoms with E-state index in [1.54, 1.807) is 13.8 Å². The summed E-state index contributed by atoms with van der Waals surface area (Å²) in [6.45, 7) is 3.81. The minimum absolute atomic E-state index is 0.0336. The van der Waals surface area contributed by atoms with Gasteiger partial charge in [0.05, 0.1) is 5.41 Å². The number of benzene rings is 2. The Balaban J connectivity index is 1.33. The summed E-state index contributed by atoms with van der Waals surface area (Å²) in [5.74, 6) is -1.66. The zero-order valence-corrected chi connectivity index (χ0v) is 18.3. The van der Waals surface area contributed by atoms with E-state index in [1.165, 1.54) is 0 Å². The molecule has 168 valence electrons. The number of carbonyl (C=O) groups is 3. The number of rotatable bonds is 8. The Morgan fingerprint density at radius 3 is 2.09 bits per heavy atom. The highest BCUT2D eigenvalue weighted by Gasteiger charge is 2.51. The Kier molecular flexibility index (Phi) is 5.91. The van der Waals surface area contributed by atoms with Crippen molar-refractivity contribution in [3.05, 3.63) is 59.7 Å². The highest BCUT2D eigenvalue weighted by molar-refractivity contribution is 5.90. The number of amides is 2. The lowest BCUT2D eigenvalue weighted by Crippen LogP contribution is -2.49. The summed E-state index contributed by atoms with van der Waals surface area (Å²) >= 11 is 0. The van der Waals surface area contributed by atoms with Crippen LogP contribution in [0.4, 0.5) is 4.79 Å². The van der Waals surface area contributed by atoms with Gasteiger partial charge in [0.2, 0.25) is 5.91 Å². The third-order valence-corrected chi connectivity index (χ3v) is 6.47. The van der Waals surface area contributed by atoms with E-state index < -0.39 is 23.5 Å². The number of hydrogen-bond acceptors (Lipinski definition) is 4. The van der Waals surface area contributed by atoms with Crippen LogP contribution in [-0.2, 0) is 14.3 Å². The van der Waals surface area contributed by atoms with Crippen LogP contribution in [0.3, 0.4) is 0 Å². The van der Waals surface area contributed by atoms with Gasteiger partial charge in [-0.15, -0.1) is 0 Å². The van der Waals surface area contributed by atoms with E-state index in [0.717, 1.165) is 22.3 Å². The highest BCUT2D eigenvalue weighted by atomic mass is 16.5. The predicted octanol–water partition coefficient (Wildman–Crippen LogP) is 3.53. The van der Waals surface area contributed by atoms with Crippen LogP contribution in [-0.4, -0.2) is 42.3 Å². The summed E-state index contributed by atoms with van der Waals surface area (Å²) in [7, 11) is 0. The maximum Gasteiger partial charge on any atom is 0.407 e. The van der Waals surface area contributed by atoms with Crippen molar-refractivity contribution in [2.45, 2.75) is 38.6 Å². The SMILES string of the molecule is CC(C)[C@H](NC(=O)C1(CNC(=O)OCC2c3ccccc3-c3ccccc32)CC1)C(=O)O. The quantitative estimate of drug-likeness (QED) is 0.587. The first kappa shape index (κ1) is 21.9. The Labute approximate surface area is 187 Å². The van der Waals surface area contributed by atoms with Crippen LogP contribution in [0.5, 0.6) is 0 Å². The molecule has 0 radical (unpaired) electrons. The second-order valence-corrected chi connectivity index (χ2v) is 8.99. The molecule has 32 heavy (non-hydrogen) atoms. The third-order valence-electron chi connectivity index (χ3n) is 6.47. The largest absolute Gasteiger partial charge is 0.480 e. The first-order valence-corrected chi connectivity index (χ1v) is 10.9. The fourth-order valence-electron chi connectivity index (χ4n) is 4.33. The molecule has 0 aliphatic heterocycles. The number of carboxylic acid groups (broad SMARTS) is 1. The number of hydrogen-bond donors (Lipinski definition) is 3. The summed E-state index contributed by atoms with van der Waals surface area (Å²) in [6.07, 6.45) is 0.629. The molecule has 2 amide bonds. The molecule has 1 atom stereocenters. The van der Waals surface area contributed by atoms with Crippen molar-refractivity contribution in [3.63, 3.8) is 0 Å². The van der Waals surface area contributed by atoms with E-state index >= 15 is 0 Å². The number of nitrogens with one attached hydrogen (secondary N) is 2. The van der Waals surface area contributed by atoms with Gasteiger partial charge in [0.25, 0.3) is 0 Å². The lowest BCUT2D eigenvalue weighted by atomic mass is 9.98. The van der Waals surface area contributed by atoms with Crippen molar-refractivity contribution in [1.82, 2.24) is 10.6 Å². The molecule has 0 saturated heterocycles. The molecule has 1 fully saturated rings. The molecule has 3 N–H and O–H groups in total. The standard InChI is InChI=1S/C25H28N2O5/c1-15(2)21(22(28)29)27-23(30)25(11-12-25)14-26-24(31)32-13-20-18-9-5-3-7-16(18)17-8-4-6-10-19(17)20/h3-10,15,20-21H,11-14H2,1-2H3,(H,26,31)(H,27,30)(H,28,29)/t21-/m0/s1. The Bertz CT molecular complexity index is 999. The van der Waals surface area contributed by atoms with Gasteiger partial charge in [-0.3, -0.25) is 4.79 Å². The molecule has 1 saturated carbocycles. The van der Waals surface area contributed by atoms with E-state index in [0.29, 0.717) is 12.8 Å². The molecule has 0 heterocycles. The minimum atomic E-state index is -1.06. The van der Waals surface area contributed by atoms with Crippen molar-refractivity contribution in [3.8, 4) is 11.1 Å². The summed E-state index contributed by atoms with van der Waals surface area (Å²) in [5, 5.41) is 14.6. The Morgan fingerprint density at radius 1 is 1.03 bits per heavy atom. The molecule has 2 aliphatic carbocycles. The predicted molar refractivity (Wildman–Crippen MR) is 119 cm³/mol. The summed E-state index contributed by atoms with van der Waals surface area (Å²) in [5.41, 5.74) is 3.82. The lowest BCUT2D eigenvalue weighted by Gasteiger charge is -2.22. The minimum Gasteiger partial charge on any atom is -0.480 e. The van der Waals surface area contributed by atoms with Gasteiger partial charge < -0.3 is 20.5 Å². The number of aliphatic carboxylic acids is 1. The van der Waals surface area contributed by atoms with Crippen molar-refractivity contribution >= 4 is 18.0 Å². The molecule has 4 rings (SSSR count). The van der Waals surface area contributed by atoms with Gasteiger partial charge in [-0.25, -0.2) is 9.59 Å². The van der Waals surface area contributed by atoms with Crippen LogP contribution in [0.1, 0.15) is 43.7 Å². The van der Waals surface area contributed by atoms with Crippen molar-refractivity contribution in [2.75, 3.05) is 13.2 Å². The molecular weight excluding hydrogens is 408 g/mol. The van der Waals surface area contributed by atoms with Crippen molar-refractivity contribution < 1.29 is 24.2 Å². The number of fused-ring (bicyclic) bond motifs is 3. The normalized spacial score (nSPS) is 16.6. The number of carboxylic acids is 1. The van der Waals surface area contributed by atoms with E-state index in [4.69, 9.17) is 4.74 Å². The fourth-order valence-corrected chi connectivity index (χ4v) is 4.33. The molecule has 7 heteroatoms. The van der Waals surface area contributed by atoms with E-state index in [1.807, 2.05) is 24.3 Å². The van der Waals surface area contributed by atoms with Gasteiger partial charge >= 0.3 is 12.1 Å². The van der Waals surface area contributed by atoms with E-state index in [9.17, 15) is 19.5 Å². The van der Waals surface area contributed by atoms with Crippen LogP contribution in [0.15, 0.2) is 48.5 Å². The van der Waals surface area contributed by atoms with E-state index in [2.05, 4.69) is 34.9 Å². The van der Waals surface area contributed by atoms with Crippen LogP contribution in [0.2, 0.25) is 0 Å². The molecule has 2 aromatic carbocycles. The van der Waals surface area contributed by atoms with Gasteiger partial charge in [-0.05, 0) is 41.0 Å². The molecule has 2 aliphatic rings. The van der Waals surface area contributed by atoms with Crippen LogP contribution in [0.25, 0.3) is 11.1 Å². The lowest BCUT2D eigenvalue weighted by molar-refractivity contribution is -0.144. The maximum atomic E-state index is 12.6. The van der Waals surface area contributed by atoms with Crippen molar-refractivity contribution in [1.29, 1.82) is 0 Å².